The van der Waals surface area contributed by atoms with E-state index in [-0.39, 0.29) is 12.8 Å². The van der Waals surface area contributed by atoms with Crippen LogP contribution in [0.15, 0.2) is 38.4 Å². The maximum Gasteiger partial charge on any atom is 0.187 e. The van der Waals surface area contributed by atoms with Crippen molar-refractivity contribution in [3.8, 4) is 0 Å². The summed E-state index contributed by atoms with van der Waals surface area (Å²) in [5, 5.41) is 18.0. The zero-order valence-corrected chi connectivity index (χ0v) is 14.2. The highest BCUT2D eigenvalue weighted by atomic mass is 32.1. The minimum Gasteiger partial charge on any atom is -0.550 e. The van der Waals surface area contributed by atoms with Crippen LogP contribution in [-0.2, 0) is 17.8 Å². The maximum absolute atomic E-state index is 10.5. The molecule has 2 aromatic heterocycles. The molecule has 0 aromatic carbocycles. The van der Waals surface area contributed by atoms with Crippen molar-refractivity contribution in [2.45, 2.75) is 33.2 Å². The van der Waals surface area contributed by atoms with Crippen LogP contribution >= 0.6 is 12.2 Å². The molecule has 2 heterocycles. The van der Waals surface area contributed by atoms with Gasteiger partial charge >= 0.3 is 0 Å². The van der Waals surface area contributed by atoms with Gasteiger partial charge in [0.2, 0.25) is 0 Å². The summed E-state index contributed by atoms with van der Waals surface area (Å²) >= 11 is 5.14. The van der Waals surface area contributed by atoms with E-state index in [0.717, 1.165) is 11.3 Å². The van der Waals surface area contributed by atoms with Crippen LogP contribution < -0.4 is 15.8 Å². The number of hydrazone groups is 1. The largest absolute Gasteiger partial charge is 0.550 e. The monoisotopic (exact) mass is 348 g/mol. The van der Waals surface area contributed by atoms with E-state index in [1.165, 1.54) is 0 Å². The molecule has 2 aromatic rings. The number of aryl methyl sites for hydroxylation is 2. The van der Waals surface area contributed by atoms with Gasteiger partial charge in [0.15, 0.2) is 5.11 Å². The Morgan fingerprint density at radius 3 is 2.88 bits per heavy atom. The molecular formula is C16H18N3O4S-. The molecule has 128 valence electrons. The van der Waals surface area contributed by atoms with E-state index in [9.17, 15) is 9.90 Å². The predicted octanol–water partition coefficient (Wildman–Crippen LogP) is 1.25. The van der Waals surface area contributed by atoms with Crippen molar-refractivity contribution < 1.29 is 18.7 Å². The smallest absolute Gasteiger partial charge is 0.187 e. The summed E-state index contributed by atoms with van der Waals surface area (Å²) in [5.41, 5.74) is 4.23. The van der Waals surface area contributed by atoms with E-state index in [1.807, 2.05) is 13.0 Å². The summed E-state index contributed by atoms with van der Waals surface area (Å²) in [6, 6.07) is 5.42. The second-order valence-electron chi connectivity index (χ2n) is 5.13. The van der Waals surface area contributed by atoms with Gasteiger partial charge in [-0.1, -0.05) is 0 Å². The minimum absolute atomic E-state index is 0.0817. The molecule has 0 saturated carbocycles. The van der Waals surface area contributed by atoms with Gasteiger partial charge in [0.05, 0.1) is 18.5 Å². The Balaban J connectivity index is 1.90. The molecule has 2 N–H and O–H groups in total. The fraction of sp³-hybridized carbons (Fsp3) is 0.312. The standard InChI is InChI=1S/C16H19N3O4S/c1-10(14-8-12(23-11(14)2)5-6-15(20)21)18-19-16(24)17-9-13-4-3-7-22-13/h3-4,7-8H,5-6,9H2,1-2H3,(H,20,21)(H2,17,19,24)/p-1/b18-10-. The summed E-state index contributed by atoms with van der Waals surface area (Å²) < 4.78 is 10.7. The Bertz CT molecular complexity index is 735. The highest BCUT2D eigenvalue weighted by Crippen LogP contribution is 2.16. The number of thiocarbonyl (C=S) groups is 1. The van der Waals surface area contributed by atoms with E-state index in [4.69, 9.17) is 21.1 Å². The van der Waals surface area contributed by atoms with E-state index in [0.29, 0.717) is 28.9 Å². The third kappa shape index (κ3) is 5.24. The summed E-state index contributed by atoms with van der Waals surface area (Å²) in [5.74, 6) is 0.911. The lowest BCUT2D eigenvalue weighted by Crippen LogP contribution is -2.32. The van der Waals surface area contributed by atoms with Crippen molar-refractivity contribution >= 4 is 29.0 Å². The van der Waals surface area contributed by atoms with Gasteiger partial charge in [0.1, 0.15) is 17.3 Å². The number of rotatable bonds is 7. The predicted molar refractivity (Wildman–Crippen MR) is 90.3 cm³/mol. The Hall–Kier alpha value is -2.61. The van der Waals surface area contributed by atoms with E-state index in [2.05, 4.69) is 15.8 Å². The molecule has 0 aliphatic rings. The number of carboxylic acid groups (broad SMARTS) is 1. The van der Waals surface area contributed by atoms with E-state index < -0.39 is 5.97 Å². The van der Waals surface area contributed by atoms with Gasteiger partial charge < -0.3 is 24.1 Å². The Kier molecular flexibility index (Phi) is 6.14. The molecule has 0 aliphatic carbocycles. The number of carbonyl (C=O) groups is 1. The van der Waals surface area contributed by atoms with Crippen molar-refractivity contribution in [2.24, 2.45) is 5.10 Å². The Labute approximate surface area is 144 Å². The van der Waals surface area contributed by atoms with Crippen molar-refractivity contribution in [2.75, 3.05) is 0 Å². The molecule has 0 unspecified atom stereocenters. The minimum atomic E-state index is -1.11. The van der Waals surface area contributed by atoms with Crippen LogP contribution in [0.5, 0.6) is 0 Å². The third-order valence-corrected chi connectivity index (χ3v) is 3.50. The quantitative estimate of drug-likeness (QED) is 0.441. The summed E-state index contributed by atoms with van der Waals surface area (Å²) in [6.07, 6.45) is 1.80. The first-order chi connectivity index (χ1) is 11.5. The average molecular weight is 348 g/mol. The number of carboxylic acids is 1. The van der Waals surface area contributed by atoms with Gasteiger partial charge in [0.25, 0.3) is 0 Å². The lowest BCUT2D eigenvalue weighted by Gasteiger charge is -2.06. The molecule has 0 amide bonds. The molecule has 8 heteroatoms. The van der Waals surface area contributed by atoms with Gasteiger partial charge in [0, 0.05) is 18.0 Å². The summed E-state index contributed by atoms with van der Waals surface area (Å²) in [6.45, 7) is 4.07. The number of aliphatic carboxylic acids is 1. The van der Waals surface area contributed by atoms with Crippen LogP contribution in [-0.4, -0.2) is 16.8 Å². The topological polar surface area (TPSA) is 103 Å². The van der Waals surface area contributed by atoms with Crippen LogP contribution in [0, 0.1) is 6.92 Å². The molecule has 0 fully saturated rings. The van der Waals surface area contributed by atoms with Crippen molar-refractivity contribution in [1.82, 2.24) is 10.7 Å². The van der Waals surface area contributed by atoms with Gasteiger partial charge in [-0.15, -0.1) is 0 Å². The van der Waals surface area contributed by atoms with Crippen LogP contribution in [0.3, 0.4) is 0 Å². The first-order valence-corrected chi connectivity index (χ1v) is 7.76. The van der Waals surface area contributed by atoms with Crippen molar-refractivity contribution in [3.63, 3.8) is 0 Å². The number of carbonyl (C=O) groups excluding carboxylic acids is 1. The zero-order valence-electron chi connectivity index (χ0n) is 13.4. The molecule has 0 bridgehead atoms. The van der Waals surface area contributed by atoms with Crippen LogP contribution in [0.25, 0.3) is 0 Å². The van der Waals surface area contributed by atoms with Crippen LogP contribution in [0.2, 0.25) is 0 Å². The summed E-state index contributed by atoms with van der Waals surface area (Å²) in [4.78, 5) is 10.5. The van der Waals surface area contributed by atoms with Crippen LogP contribution in [0.4, 0.5) is 0 Å². The zero-order chi connectivity index (χ0) is 17.5. The molecular weight excluding hydrogens is 330 g/mol. The first kappa shape index (κ1) is 17.7. The summed E-state index contributed by atoms with van der Waals surface area (Å²) in [7, 11) is 0. The van der Waals surface area contributed by atoms with Gasteiger partial charge in [-0.25, -0.2) is 0 Å². The van der Waals surface area contributed by atoms with Gasteiger partial charge in [-0.3, -0.25) is 5.43 Å². The van der Waals surface area contributed by atoms with E-state index >= 15 is 0 Å². The van der Waals surface area contributed by atoms with Gasteiger partial charge in [-0.05, 0) is 50.7 Å². The number of hydrogen-bond donors (Lipinski definition) is 2. The number of nitrogens with zero attached hydrogens (tertiary/aromatic N) is 1. The second kappa shape index (κ2) is 8.30. The highest BCUT2D eigenvalue weighted by Gasteiger charge is 2.10. The Morgan fingerprint density at radius 1 is 1.42 bits per heavy atom. The lowest BCUT2D eigenvalue weighted by atomic mass is 10.1. The third-order valence-electron chi connectivity index (χ3n) is 3.26. The molecule has 7 nitrogen and oxygen atoms in total. The molecule has 0 spiro atoms. The number of furan rings is 2. The fourth-order valence-corrected chi connectivity index (χ4v) is 2.18. The van der Waals surface area contributed by atoms with Crippen LogP contribution in [0.1, 0.15) is 36.2 Å². The first-order valence-electron chi connectivity index (χ1n) is 7.35. The van der Waals surface area contributed by atoms with Crippen molar-refractivity contribution in [3.05, 3.63) is 47.3 Å². The lowest BCUT2D eigenvalue weighted by molar-refractivity contribution is -0.305. The van der Waals surface area contributed by atoms with E-state index in [1.54, 1.807) is 25.3 Å². The highest BCUT2D eigenvalue weighted by molar-refractivity contribution is 7.80. The molecule has 0 saturated heterocycles. The normalized spacial score (nSPS) is 11.3. The average Bonchev–Trinajstić information content (AvgIpc) is 3.18. The Morgan fingerprint density at radius 2 is 2.21 bits per heavy atom. The molecule has 24 heavy (non-hydrogen) atoms. The number of nitrogens with one attached hydrogen (secondary N) is 2. The SMILES string of the molecule is C/C(=N/NC(=S)NCc1ccco1)c1cc(CCC(=O)[O-])oc1C. The molecule has 2 rings (SSSR count). The maximum atomic E-state index is 10.5. The molecule has 0 atom stereocenters. The fourth-order valence-electron chi connectivity index (χ4n) is 2.07. The molecule has 0 radical (unpaired) electrons. The van der Waals surface area contributed by atoms with Gasteiger partial charge in [-0.2, -0.15) is 5.10 Å². The van der Waals surface area contributed by atoms with Crippen molar-refractivity contribution in [1.29, 1.82) is 0 Å². The second-order valence-corrected chi connectivity index (χ2v) is 5.53. The number of hydrogen-bond acceptors (Lipinski definition) is 6. The molecule has 0 aliphatic heterocycles.